The predicted molar refractivity (Wildman–Crippen MR) is 95.7 cm³/mol. The molecule has 0 radical (unpaired) electrons. The maximum absolute atomic E-state index is 12.4. The Kier molecular flexibility index (Phi) is 5.32. The fourth-order valence-corrected chi connectivity index (χ4v) is 3.33. The molecule has 3 rings (SSSR count). The van der Waals surface area contributed by atoms with Gasteiger partial charge in [-0.2, -0.15) is 0 Å². The van der Waals surface area contributed by atoms with Gasteiger partial charge in [0.1, 0.15) is 5.75 Å². The molecule has 0 bridgehead atoms. The molecule has 2 heterocycles. The Labute approximate surface area is 146 Å². The first-order chi connectivity index (χ1) is 11.6. The van der Waals surface area contributed by atoms with Crippen molar-refractivity contribution in [2.75, 3.05) is 38.6 Å². The second kappa shape index (κ2) is 7.63. The SMILES string of the molecule is COc1cccc(NC(=O)N2CCN(Cc3csc(C)n3)CC2)c1. The van der Waals surface area contributed by atoms with Crippen molar-refractivity contribution in [1.82, 2.24) is 14.8 Å². The number of methoxy groups -OCH3 is 1. The number of anilines is 1. The summed E-state index contributed by atoms with van der Waals surface area (Å²) < 4.78 is 5.18. The standard InChI is InChI=1S/C17H22N4O2S/c1-13-18-15(12-24-13)11-20-6-8-21(9-7-20)17(22)19-14-4-3-5-16(10-14)23-2/h3-5,10,12H,6-9,11H2,1-2H3,(H,19,22). The number of carbonyl (C=O) groups excluding carboxylic acids is 1. The number of hydrogen-bond acceptors (Lipinski definition) is 5. The zero-order chi connectivity index (χ0) is 16.9. The van der Waals surface area contributed by atoms with E-state index in [0.29, 0.717) is 0 Å². The quantitative estimate of drug-likeness (QED) is 0.925. The van der Waals surface area contributed by atoms with E-state index in [1.807, 2.05) is 36.1 Å². The van der Waals surface area contributed by atoms with Gasteiger partial charge in [0, 0.05) is 49.9 Å². The number of amides is 2. The molecule has 24 heavy (non-hydrogen) atoms. The van der Waals surface area contributed by atoms with Gasteiger partial charge in [-0.15, -0.1) is 11.3 Å². The summed E-state index contributed by atoms with van der Waals surface area (Å²) >= 11 is 1.68. The van der Waals surface area contributed by atoms with Crippen LogP contribution < -0.4 is 10.1 Å². The number of aryl methyl sites for hydroxylation is 1. The molecule has 0 aliphatic carbocycles. The molecule has 0 unspecified atom stereocenters. The number of nitrogens with one attached hydrogen (secondary N) is 1. The van der Waals surface area contributed by atoms with Crippen LogP contribution in [0.2, 0.25) is 0 Å². The molecule has 1 fully saturated rings. The highest BCUT2D eigenvalue weighted by Gasteiger charge is 2.21. The Balaban J connectivity index is 1.49. The first-order valence-electron chi connectivity index (χ1n) is 7.97. The molecule has 2 amide bonds. The van der Waals surface area contributed by atoms with E-state index >= 15 is 0 Å². The Bertz CT molecular complexity index is 695. The average molecular weight is 346 g/mol. The highest BCUT2D eigenvalue weighted by molar-refractivity contribution is 7.09. The van der Waals surface area contributed by atoms with E-state index in [0.717, 1.165) is 54.9 Å². The first-order valence-corrected chi connectivity index (χ1v) is 8.85. The molecule has 1 N–H and O–H groups in total. The number of urea groups is 1. The number of hydrogen-bond donors (Lipinski definition) is 1. The lowest BCUT2D eigenvalue weighted by Gasteiger charge is -2.34. The summed E-state index contributed by atoms with van der Waals surface area (Å²) in [6.07, 6.45) is 0. The third-order valence-corrected chi connectivity index (χ3v) is 4.86. The van der Waals surface area contributed by atoms with E-state index in [2.05, 4.69) is 20.6 Å². The van der Waals surface area contributed by atoms with Crippen molar-refractivity contribution in [3.05, 3.63) is 40.3 Å². The Morgan fingerprint density at radius 3 is 2.79 bits per heavy atom. The van der Waals surface area contributed by atoms with Crippen LogP contribution in [-0.4, -0.2) is 54.1 Å². The van der Waals surface area contributed by atoms with Gasteiger partial charge in [0.2, 0.25) is 0 Å². The van der Waals surface area contributed by atoms with E-state index in [1.54, 1.807) is 18.4 Å². The summed E-state index contributed by atoms with van der Waals surface area (Å²) in [5.41, 5.74) is 1.87. The number of rotatable bonds is 4. The van der Waals surface area contributed by atoms with E-state index in [4.69, 9.17) is 4.74 Å². The summed E-state index contributed by atoms with van der Waals surface area (Å²) in [4.78, 5) is 21.1. The molecule has 0 spiro atoms. The van der Waals surface area contributed by atoms with Crippen molar-refractivity contribution >= 4 is 23.1 Å². The summed E-state index contributed by atoms with van der Waals surface area (Å²) in [5.74, 6) is 0.733. The molecule has 6 nitrogen and oxygen atoms in total. The Morgan fingerprint density at radius 2 is 2.12 bits per heavy atom. The highest BCUT2D eigenvalue weighted by Crippen LogP contribution is 2.18. The molecule has 1 aliphatic rings. The van der Waals surface area contributed by atoms with Crippen molar-refractivity contribution in [1.29, 1.82) is 0 Å². The zero-order valence-electron chi connectivity index (χ0n) is 14.0. The molecule has 1 saturated heterocycles. The molecule has 1 aromatic heterocycles. The molecular weight excluding hydrogens is 324 g/mol. The molecule has 7 heteroatoms. The molecule has 2 aromatic rings. The summed E-state index contributed by atoms with van der Waals surface area (Å²) in [6.45, 7) is 6.05. The molecule has 1 aliphatic heterocycles. The first kappa shape index (κ1) is 16.7. The van der Waals surface area contributed by atoms with Gasteiger partial charge in [0.25, 0.3) is 0 Å². The number of carbonyl (C=O) groups is 1. The van der Waals surface area contributed by atoms with Crippen LogP contribution in [0.15, 0.2) is 29.6 Å². The Hall–Kier alpha value is -2.12. The number of benzene rings is 1. The molecule has 128 valence electrons. The van der Waals surface area contributed by atoms with Crippen LogP contribution in [0.1, 0.15) is 10.7 Å². The van der Waals surface area contributed by atoms with Gasteiger partial charge in [-0.05, 0) is 19.1 Å². The van der Waals surface area contributed by atoms with Crippen molar-refractivity contribution in [2.24, 2.45) is 0 Å². The largest absolute Gasteiger partial charge is 0.497 e. The van der Waals surface area contributed by atoms with Crippen LogP contribution in [-0.2, 0) is 6.54 Å². The minimum absolute atomic E-state index is 0.0626. The number of nitrogens with zero attached hydrogens (tertiary/aromatic N) is 3. The van der Waals surface area contributed by atoms with Crippen LogP contribution in [0.5, 0.6) is 5.75 Å². The zero-order valence-corrected chi connectivity index (χ0v) is 14.8. The van der Waals surface area contributed by atoms with Gasteiger partial charge < -0.3 is 15.0 Å². The maximum atomic E-state index is 12.4. The molecule has 0 saturated carbocycles. The van der Waals surface area contributed by atoms with Gasteiger partial charge in [-0.25, -0.2) is 9.78 Å². The van der Waals surface area contributed by atoms with Crippen molar-refractivity contribution < 1.29 is 9.53 Å². The smallest absolute Gasteiger partial charge is 0.321 e. The minimum Gasteiger partial charge on any atom is -0.497 e. The Morgan fingerprint density at radius 1 is 1.33 bits per heavy atom. The lowest BCUT2D eigenvalue weighted by molar-refractivity contribution is 0.142. The molecular formula is C17H22N4O2S. The van der Waals surface area contributed by atoms with Gasteiger partial charge in [-0.1, -0.05) is 6.07 Å². The van der Waals surface area contributed by atoms with Crippen LogP contribution in [0.3, 0.4) is 0 Å². The highest BCUT2D eigenvalue weighted by atomic mass is 32.1. The number of aromatic nitrogens is 1. The minimum atomic E-state index is -0.0626. The van der Waals surface area contributed by atoms with Gasteiger partial charge >= 0.3 is 6.03 Å². The van der Waals surface area contributed by atoms with Crippen molar-refractivity contribution in [2.45, 2.75) is 13.5 Å². The van der Waals surface area contributed by atoms with Crippen molar-refractivity contribution in [3.8, 4) is 5.75 Å². The number of thiazole rings is 1. The topological polar surface area (TPSA) is 57.7 Å². The van der Waals surface area contributed by atoms with Gasteiger partial charge in [-0.3, -0.25) is 4.90 Å². The van der Waals surface area contributed by atoms with Gasteiger partial charge in [0.15, 0.2) is 0 Å². The fraction of sp³-hybridized carbons (Fsp3) is 0.412. The van der Waals surface area contributed by atoms with Crippen LogP contribution in [0.4, 0.5) is 10.5 Å². The van der Waals surface area contributed by atoms with Gasteiger partial charge in [0.05, 0.1) is 17.8 Å². The fourth-order valence-electron chi connectivity index (χ4n) is 2.72. The molecule has 1 aromatic carbocycles. The normalized spacial score (nSPS) is 15.3. The monoisotopic (exact) mass is 346 g/mol. The van der Waals surface area contributed by atoms with E-state index < -0.39 is 0 Å². The third kappa shape index (κ3) is 4.24. The predicted octanol–water partition coefficient (Wildman–Crippen LogP) is 2.81. The van der Waals surface area contributed by atoms with E-state index in [9.17, 15) is 4.79 Å². The maximum Gasteiger partial charge on any atom is 0.321 e. The van der Waals surface area contributed by atoms with Crippen LogP contribution in [0.25, 0.3) is 0 Å². The number of piperazine rings is 1. The van der Waals surface area contributed by atoms with Crippen LogP contribution >= 0.6 is 11.3 Å². The van der Waals surface area contributed by atoms with E-state index in [1.165, 1.54) is 0 Å². The second-order valence-electron chi connectivity index (χ2n) is 5.78. The van der Waals surface area contributed by atoms with E-state index in [-0.39, 0.29) is 6.03 Å². The number of ether oxygens (including phenoxy) is 1. The summed E-state index contributed by atoms with van der Waals surface area (Å²) in [7, 11) is 1.62. The lowest BCUT2D eigenvalue weighted by Crippen LogP contribution is -2.49. The second-order valence-corrected chi connectivity index (χ2v) is 6.85. The summed E-state index contributed by atoms with van der Waals surface area (Å²) in [6, 6.07) is 7.34. The lowest BCUT2D eigenvalue weighted by atomic mass is 10.3. The summed E-state index contributed by atoms with van der Waals surface area (Å²) in [5, 5.41) is 6.14. The van der Waals surface area contributed by atoms with Crippen LogP contribution in [0, 0.1) is 6.92 Å². The van der Waals surface area contributed by atoms with Crippen molar-refractivity contribution in [3.63, 3.8) is 0 Å². The molecule has 0 atom stereocenters. The average Bonchev–Trinajstić information content (AvgIpc) is 3.00. The third-order valence-electron chi connectivity index (χ3n) is 4.03.